The number of hydrogen-bond donors (Lipinski definition) is 0. The SMILES string of the molecule is CC[C@H]1O[C@@H](n2cnc3c(C)nc(C)nc32)C(F)[C@H]1C. The first kappa shape index (κ1) is 13.4. The van der Waals surface area contributed by atoms with Crippen LogP contribution in [0.2, 0.25) is 0 Å². The van der Waals surface area contributed by atoms with Gasteiger partial charge in [0.25, 0.3) is 0 Å². The van der Waals surface area contributed by atoms with E-state index < -0.39 is 12.4 Å². The highest BCUT2D eigenvalue weighted by Gasteiger charge is 2.43. The van der Waals surface area contributed by atoms with Crippen molar-refractivity contribution in [3.05, 3.63) is 17.8 Å². The van der Waals surface area contributed by atoms with Crippen molar-refractivity contribution in [2.45, 2.75) is 52.6 Å². The van der Waals surface area contributed by atoms with Crippen molar-refractivity contribution in [1.29, 1.82) is 0 Å². The molecule has 2 aromatic heterocycles. The van der Waals surface area contributed by atoms with Crippen LogP contribution in [0.1, 0.15) is 38.0 Å². The van der Waals surface area contributed by atoms with Crippen molar-refractivity contribution < 1.29 is 9.13 Å². The van der Waals surface area contributed by atoms with Crippen LogP contribution in [0.4, 0.5) is 4.39 Å². The third-order valence-electron chi connectivity index (χ3n) is 4.06. The summed E-state index contributed by atoms with van der Waals surface area (Å²) >= 11 is 0. The first-order valence-corrected chi connectivity index (χ1v) is 7.00. The Morgan fingerprint density at radius 2 is 2.10 bits per heavy atom. The van der Waals surface area contributed by atoms with Gasteiger partial charge in [-0.2, -0.15) is 0 Å². The molecule has 0 spiro atoms. The lowest BCUT2D eigenvalue weighted by Gasteiger charge is -2.15. The van der Waals surface area contributed by atoms with Gasteiger partial charge in [-0.3, -0.25) is 4.57 Å². The third kappa shape index (κ3) is 1.90. The lowest BCUT2D eigenvalue weighted by molar-refractivity contribution is -0.0186. The van der Waals surface area contributed by atoms with Crippen molar-refractivity contribution in [3.63, 3.8) is 0 Å². The molecular formula is C14H19FN4O. The molecule has 3 rings (SSSR count). The minimum atomic E-state index is -1.05. The van der Waals surface area contributed by atoms with Crippen molar-refractivity contribution in [1.82, 2.24) is 19.5 Å². The molecule has 3 heterocycles. The van der Waals surface area contributed by atoms with Crippen LogP contribution < -0.4 is 0 Å². The Bertz CT molecular complexity index is 641. The minimum absolute atomic E-state index is 0.0588. The van der Waals surface area contributed by atoms with Crippen molar-refractivity contribution in [3.8, 4) is 0 Å². The van der Waals surface area contributed by atoms with Crippen LogP contribution in [0.5, 0.6) is 0 Å². The Kier molecular flexibility index (Phi) is 3.20. The highest BCUT2D eigenvalue weighted by atomic mass is 19.1. The van der Waals surface area contributed by atoms with Crippen LogP contribution >= 0.6 is 0 Å². The van der Waals surface area contributed by atoms with Crippen LogP contribution in [0.3, 0.4) is 0 Å². The van der Waals surface area contributed by atoms with Crippen LogP contribution in [-0.4, -0.2) is 31.8 Å². The number of ether oxygens (including phenoxy) is 1. The number of alkyl halides is 1. The number of aromatic nitrogens is 4. The highest BCUT2D eigenvalue weighted by Crippen LogP contribution is 2.38. The average molecular weight is 278 g/mol. The fourth-order valence-electron chi connectivity index (χ4n) is 2.91. The summed E-state index contributed by atoms with van der Waals surface area (Å²) in [5.41, 5.74) is 2.16. The molecule has 4 atom stereocenters. The van der Waals surface area contributed by atoms with Gasteiger partial charge in [0.2, 0.25) is 0 Å². The molecule has 0 amide bonds. The van der Waals surface area contributed by atoms with Gasteiger partial charge in [-0.05, 0) is 20.3 Å². The fraction of sp³-hybridized carbons (Fsp3) is 0.643. The minimum Gasteiger partial charge on any atom is -0.351 e. The summed E-state index contributed by atoms with van der Waals surface area (Å²) in [6.07, 6.45) is 0.656. The molecule has 0 aliphatic carbocycles. The molecule has 108 valence electrons. The van der Waals surface area contributed by atoms with E-state index in [2.05, 4.69) is 15.0 Å². The summed E-state index contributed by atoms with van der Waals surface area (Å²) < 4.78 is 22.1. The number of hydrogen-bond acceptors (Lipinski definition) is 4. The first-order valence-electron chi connectivity index (χ1n) is 7.00. The van der Waals surface area contributed by atoms with E-state index in [1.807, 2.05) is 27.7 Å². The van der Waals surface area contributed by atoms with Gasteiger partial charge in [0.05, 0.1) is 18.1 Å². The number of rotatable bonds is 2. The third-order valence-corrected chi connectivity index (χ3v) is 4.06. The predicted molar refractivity (Wildman–Crippen MR) is 73.1 cm³/mol. The molecule has 1 aliphatic heterocycles. The molecule has 1 aliphatic rings. The number of aryl methyl sites for hydroxylation is 2. The van der Waals surface area contributed by atoms with Gasteiger partial charge >= 0.3 is 0 Å². The van der Waals surface area contributed by atoms with Gasteiger partial charge in [-0.15, -0.1) is 0 Å². The maximum atomic E-state index is 14.5. The average Bonchev–Trinajstić information content (AvgIpc) is 2.93. The quantitative estimate of drug-likeness (QED) is 0.847. The number of imidazole rings is 1. The van der Waals surface area contributed by atoms with E-state index in [1.165, 1.54) is 0 Å². The summed E-state index contributed by atoms with van der Waals surface area (Å²) in [5.74, 6) is 0.539. The number of halogens is 1. The van der Waals surface area contributed by atoms with E-state index in [9.17, 15) is 4.39 Å². The summed E-state index contributed by atoms with van der Waals surface area (Å²) in [6, 6.07) is 0. The zero-order chi connectivity index (χ0) is 14.4. The van der Waals surface area contributed by atoms with E-state index in [1.54, 1.807) is 10.9 Å². The van der Waals surface area contributed by atoms with Gasteiger partial charge in [-0.1, -0.05) is 13.8 Å². The molecule has 5 nitrogen and oxygen atoms in total. The van der Waals surface area contributed by atoms with Gasteiger partial charge in [0.1, 0.15) is 11.3 Å². The Balaban J connectivity index is 2.07. The van der Waals surface area contributed by atoms with Crippen LogP contribution in [0.15, 0.2) is 6.33 Å². The Labute approximate surface area is 117 Å². The molecule has 0 saturated carbocycles. The molecule has 1 unspecified atom stereocenters. The monoisotopic (exact) mass is 278 g/mol. The highest BCUT2D eigenvalue weighted by molar-refractivity contribution is 5.73. The largest absolute Gasteiger partial charge is 0.351 e. The molecule has 1 saturated heterocycles. The second-order valence-electron chi connectivity index (χ2n) is 5.46. The van der Waals surface area contributed by atoms with Crippen molar-refractivity contribution in [2.24, 2.45) is 5.92 Å². The van der Waals surface area contributed by atoms with E-state index >= 15 is 0 Å². The maximum Gasteiger partial charge on any atom is 0.168 e. The van der Waals surface area contributed by atoms with Crippen LogP contribution in [0, 0.1) is 19.8 Å². The topological polar surface area (TPSA) is 52.8 Å². The van der Waals surface area contributed by atoms with E-state index in [-0.39, 0.29) is 12.0 Å². The van der Waals surface area contributed by atoms with Gasteiger partial charge in [-0.25, -0.2) is 19.3 Å². The molecule has 6 heteroatoms. The number of fused-ring (bicyclic) bond motifs is 1. The van der Waals surface area contributed by atoms with E-state index in [0.29, 0.717) is 17.0 Å². The molecule has 0 bridgehead atoms. The van der Waals surface area contributed by atoms with Crippen LogP contribution in [0.25, 0.3) is 11.2 Å². The molecule has 0 N–H and O–H groups in total. The van der Waals surface area contributed by atoms with Crippen molar-refractivity contribution in [2.75, 3.05) is 0 Å². The lowest BCUT2D eigenvalue weighted by atomic mass is 10.00. The molecule has 0 aromatic carbocycles. The molecule has 2 aromatic rings. The zero-order valence-corrected chi connectivity index (χ0v) is 12.2. The number of nitrogens with zero attached hydrogens (tertiary/aromatic N) is 4. The normalized spacial score (nSPS) is 30.2. The zero-order valence-electron chi connectivity index (χ0n) is 12.2. The summed E-state index contributed by atoms with van der Waals surface area (Å²) in [4.78, 5) is 13.0. The smallest absolute Gasteiger partial charge is 0.168 e. The Morgan fingerprint density at radius 1 is 1.35 bits per heavy atom. The Morgan fingerprint density at radius 3 is 2.75 bits per heavy atom. The standard InChI is InChI=1S/C14H19FN4O/c1-5-10-7(2)11(15)14(20-10)19-6-16-12-8(3)17-9(4)18-13(12)19/h6-7,10-11,14H,5H2,1-4H3/t7-,10+,11?,14+/m0/s1. The first-order chi connectivity index (χ1) is 9.52. The van der Waals surface area contributed by atoms with E-state index in [0.717, 1.165) is 12.1 Å². The van der Waals surface area contributed by atoms with Gasteiger partial charge < -0.3 is 4.74 Å². The summed E-state index contributed by atoms with van der Waals surface area (Å²) in [7, 11) is 0. The summed E-state index contributed by atoms with van der Waals surface area (Å²) in [6.45, 7) is 7.61. The lowest BCUT2D eigenvalue weighted by Crippen LogP contribution is -2.20. The van der Waals surface area contributed by atoms with Gasteiger partial charge in [0.15, 0.2) is 18.0 Å². The molecular weight excluding hydrogens is 259 g/mol. The molecule has 0 radical (unpaired) electrons. The Hall–Kier alpha value is -1.56. The second kappa shape index (κ2) is 4.77. The second-order valence-corrected chi connectivity index (χ2v) is 5.46. The molecule has 1 fully saturated rings. The van der Waals surface area contributed by atoms with Gasteiger partial charge in [0, 0.05) is 5.92 Å². The van der Waals surface area contributed by atoms with E-state index in [4.69, 9.17) is 4.74 Å². The van der Waals surface area contributed by atoms with Crippen LogP contribution in [-0.2, 0) is 4.74 Å². The molecule has 20 heavy (non-hydrogen) atoms. The van der Waals surface area contributed by atoms with Crippen molar-refractivity contribution >= 4 is 11.2 Å². The summed E-state index contributed by atoms with van der Waals surface area (Å²) in [5, 5.41) is 0. The predicted octanol–water partition coefficient (Wildman–Crippen LogP) is 2.72. The fourth-order valence-corrected chi connectivity index (χ4v) is 2.91. The maximum absolute atomic E-state index is 14.5.